The van der Waals surface area contributed by atoms with Crippen molar-refractivity contribution < 1.29 is 27.9 Å². The normalized spacial score (nSPS) is 27.8. The molecular formula is C12H20N2O6S. The topological polar surface area (TPSA) is 104 Å². The fourth-order valence-electron chi connectivity index (χ4n) is 2.89. The van der Waals surface area contributed by atoms with E-state index >= 15 is 0 Å². The van der Waals surface area contributed by atoms with Crippen molar-refractivity contribution in [3.63, 3.8) is 0 Å². The number of amides is 1. The number of aliphatic carboxylic acids is 1. The van der Waals surface area contributed by atoms with Crippen LogP contribution in [0.25, 0.3) is 0 Å². The van der Waals surface area contributed by atoms with Gasteiger partial charge < -0.3 is 14.7 Å². The molecule has 2 aliphatic heterocycles. The van der Waals surface area contributed by atoms with Crippen LogP contribution < -0.4 is 0 Å². The molecule has 0 aliphatic carbocycles. The van der Waals surface area contributed by atoms with Crippen LogP contribution >= 0.6 is 0 Å². The number of rotatable bonds is 4. The second-order valence-corrected chi connectivity index (χ2v) is 7.33. The molecule has 8 nitrogen and oxygen atoms in total. The summed E-state index contributed by atoms with van der Waals surface area (Å²) < 4.78 is 29.9. The second-order valence-electron chi connectivity index (χ2n) is 5.39. The Morgan fingerprint density at radius 3 is 2.67 bits per heavy atom. The molecule has 2 unspecified atom stereocenters. The highest BCUT2D eigenvalue weighted by atomic mass is 32.2. The second kappa shape index (κ2) is 6.29. The Labute approximate surface area is 123 Å². The summed E-state index contributed by atoms with van der Waals surface area (Å²) in [7, 11) is -3.44. The molecule has 9 heteroatoms. The Bertz CT molecular complexity index is 520. The lowest BCUT2D eigenvalue weighted by Crippen LogP contribution is -2.55. The van der Waals surface area contributed by atoms with E-state index in [1.807, 2.05) is 0 Å². The summed E-state index contributed by atoms with van der Waals surface area (Å²) in [6, 6.07) is -1.25. The number of hydrogen-bond donors (Lipinski definition) is 1. The van der Waals surface area contributed by atoms with Crippen molar-refractivity contribution >= 4 is 21.9 Å². The van der Waals surface area contributed by atoms with Crippen LogP contribution in [0, 0.1) is 0 Å². The van der Waals surface area contributed by atoms with E-state index in [1.54, 1.807) is 0 Å². The standard InChI is InChI=1S/C12H20N2O6S/c1-21(18,19)14-4-2-3-10(14)12(17)13-5-6-20-8-9(13)7-11(15)16/h9-10H,2-8H2,1H3,(H,15,16). The molecule has 0 aromatic heterocycles. The van der Waals surface area contributed by atoms with Gasteiger partial charge in [0.2, 0.25) is 15.9 Å². The summed E-state index contributed by atoms with van der Waals surface area (Å²) in [5.74, 6) is -1.32. The third-order valence-electron chi connectivity index (χ3n) is 3.84. The summed E-state index contributed by atoms with van der Waals surface area (Å²) >= 11 is 0. The van der Waals surface area contributed by atoms with Gasteiger partial charge in [-0.3, -0.25) is 9.59 Å². The lowest BCUT2D eigenvalue weighted by Gasteiger charge is -2.37. The van der Waals surface area contributed by atoms with Crippen LogP contribution in [-0.4, -0.2) is 79.2 Å². The van der Waals surface area contributed by atoms with Crippen LogP contribution in [0.3, 0.4) is 0 Å². The van der Waals surface area contributed by atoms with E-state index in [-0.39, 0.29) is 18.9 Å². The third kappa shape index (κ3) is 3.72. The summed E-state index contributed by atoms with van der Waals surface area (Å²) in [4.78, 5) is 25.0. The first-order valence-corrected chi connectivity index (χ1v) is 8.72. The number of carboxylic acids is 1. The van der Waals surface area contributed by atoms with Crippen molar-refractivity contribution in [2.24, 2.45) is 0 Å². The summed E-state index contributed by atoms with van der Waals surface area (Å²) in [5, 5.41) is 8.91. The molecule has 0 saturated carbocycles. The lowest BCUT2D eigenvalue weighted by atomic mass is 10.1. The average molecular weight is 320 g/mol. The van der Waals surface area contributed by atoms with E-state index in [0.717, 1.165) is 6.26 Å². The molecular weight excluding hydrogens is 300 g/mol. The van der Waals surface area contributed by atoms with Gasteiger partial charge in [0.15, 0.2) is 0 Å². The summed E-state index contributed by atoms with van der Waals surface area (Å²) in [5.41, 5.74) is 0. The highest BCUT2D eigenvalue weighted by Gasteiger charge is 2.41. The number of nitrogens with zero attached hydrogens (tertiary/aromatic N) is 2. The Kier molecular flexibility index (Phi) is 4.84. The maximum absolute atomic E-state index is 12.6. The predicted molar refractivity (Wildman–Crippen MR) is 73.1 cm³/mol. The first-order valence-electron chi connectivity index (χ1n) is 6.87. The van der Waals surface area contributed by atoms with Gasteiger partial charge in [-0.2, -0.15) is 4.31 Å². The van der Waals surface area contributed by atoms with Crippen LogP contribution in [-0.2, 0) is 24.3 Å². The zero-order chi connectivity index (χ0) is 15.6. The van der Waals surface area contributed by atoms with E-state index in [0.29, 0.717) is 32.5 Å². The fraction of sp³-hybridized carbons (Fsp3) is 0.833. The molecule has 2 rings (SSSR count). The third-order valence-corrected chi connectivity index (χ3v) is 5.12. The van der Waals surface area contributed by atoms with Crippen molar-refractivity contribution in [2.75, 3.05) is 32.6 Å². The number of carbonyl (C=O) groups is 2. The molecule has 1 amide bonds. The quantitative estimate of drug-likeness (QED) is 0.721. The average Bonchev–Trinajstić information content (AvgIpc) is 2.87. The fourth-order valence-corrected chi connectivity index (χ4v) is 4.01. The van der Waals surface area contributed by atoms with Gasteiger partial charge in [0.25, 0.3) is 0 Å². The van der Waals surface area contributed by atoms with Crippen LogP contribution in [0.5, 0.6) is 0 Å². The molecule has 0 aromatic rings. The maximum Gasteiger partial charge on any atom is 0.305 e. The minimum atomic E-state index is -3.44. The van der Waals surface area contributed by atoms with Crippen LogP contribution in [0.1, 0.15) is 19.3 Å². The minimum Gasteiger partial charge on any atom is -0.481 e. The first-order chi connectivity index (χ1) is 9.80. The molecule has 2 atom stereocenters. The first kappa shape index (κ1) is 16.2. The Balaban J connectivity index is 2.14. The molecule has 0 aromatic carbocycles. The van der Waals surface area contributed by atoms with E-state index in [9.17, 15) is 18.0 Å². The smallest absolute Gasteiger partial charge is 0.305 e. The van der Waals surface area contributed by atoms with Crippen molar-refractivity contribution in [3.8, 4) is 0 Å². The molecule has 2 aliphatic rings. The number of morpholine rings is 1. The Morgan fingerprint density at radius 1 is 1.33 bits per heavy atom. The van der Waals surface area contributed by atoms with E-state index in [4.69, 9.17) is 9.84 Å². The largest absolute Gasteiger partial charge is 0.481 e. The van der Waals surface area contributed by atoms with Gasteiger partial charge in [-0.25, -0.2) is 8.42 Å². The van der Waals surface area contributed by atoms with Gasteiger partial charge in [0.1, 0.15) is 6.04 Å². The zero-order valence-electron chi connectivity index (χ0n) is 11.9. The number of sulfonamides is 1. The molecule has 21 heavy (non-hydrogen) atoms. The number of carboxylic acid groups (broad SMARTS) is 1. The van der Waals surface area contributed by atoms with E-state index < -0.39 is 28.1 Å². The highest BCUT2D eigenvalue weighted by Crippen LogP contribution is 2.24. The van der Waals surface area contributed by atoms with Crippen molar-refractivity contribution in [2.45, 2.75) is 31.3 Å². The van der Waals surface area contributed by atoms with Crippen LogP contribution in [0.4, 0.5) is 0 Å². The molecule has 2 fully saturated rings. The van der Waals surface area contributed by atoms with Gasteiger partial charge in [-0.15, -0.1) is 0 Å². The van der Waals surface area contributed by atoms with Crippen LogP contribution in [0.15, 0.2) is 0 Å². The molecule has 120 valence electrons. The molecule has 1 N–H and O–H groups in total. The van der Waals surface area contributed by atoms with Gasteiger partial charge in [-0.1, -0.05) is 0 Å². The zero-order valence-corrected chi connectivity index (χ0v) is 12.7. The summed E-state index contributed by atoms with van der Waals surface area (Å²) in [6.07, 6.45) is 2.00. The van der Waals surface area contributed by atoms with Crippen molar-refractivity contribution in [1.29, 1.82) is 0 Å². The number of ether oxygens (including phenoxy) is 1. The van der Waals surface area contributed by atoms with Crippen molar-refractivity contribution in [1.82, 2.24) is 9.21 Å². The van der Waals surface area contributed by atoms with E-state index in [2.05, 4.69) is 0 Å². The minimum absolute atomic E-state index is 0.170. The van der Waals surface area contributed by atoms with Crippen molar-refractivity contribution in [3.05, 3.63) is 0 Å². The monoisotopic (exact) mass is 320 g/mol. The van der Waals surface area contributed by atoms with Gasteiger partial charge in [0, 0.05) is 13.1 Å². The molecule has 0 radical (unpaired) electrons. The Hall–Kier alpha value is -1.19. The van der Waals surface area contributed by atoms with E-state index in [1.165, 1.54) is 9.21 Å². The molecule has 2 saturated heterocycles. The van der Waals surface area contributed by atoms with Gasteiger partial charge >= 0.3 is 5.97 Å². The molecule has 0 spiro atoms. The SMILES string of the molecule is CS(=O)(=O)N1CCCC1C(=O)N1CCOCC1CC(=O)O. The number of carbonyl (C=O) groups excluding carboxylic acids is 1. The Morgan fingerprint density at radius 2 is 2.05 bits per heavy atom. The molecule has 0 bridgehead atoms. The summed E-state index contributed by atoms with van der Waals surface area (Å²) in [6.45, 7) is 1.14. The highest BCUT2D eigenvalue weighted by molar-refractivity contribution is 7.88. The molecule has 2 heterocycles. The van der Waals surface area contributed by atoms with Gasteiger partial charge in [0.05, 0.1) is 31.9 Å². The maximum atomic E-state index is 12.6. The van der Waals surface area contributed by atoms with Crippen LogP contribution in [0.2, 0.25) is 0 Å². The number of hydrogen-bond acceptors (Lipinski definition) is 5. The predicted octanol–water partition coefficient (Wildman–Crippen LogP) is -0.887. The lowest BCUT2D eigenvalue weighted by molar-refractivity contribution is -0.148. The van der Waals surface area contributed by atoms with Gasteiger partial charge in [-0.05, 0) is 12.8 Å².